The zero-order valence-electron chi connectivity index (χ0n) is 19.1. The van der Waals surface area contributed by atoms with E-state index in [0.717, 1.165) is 44.5 Å². The third-order valence-corrected chi connectivity index (χ3v) is 7.00. The Labute approximate surface area is 195 Å². The Kier molecular flexibility index (Phi) is 8.06. The van der Waals surface area contributed by atoms with Gasteiger partial charge in [-0.05, 0) is 25.0 Å². The summed E-state index contributed by atoms with van der Waals surface area (Å²) in [5.41, 5.74) is 1.14. The lowest BCUT2D eigenvalue weighted by Crippen LogP contribution is -2.49. The fraction of sp³-hybridized carbons (Fsp3) is 0.667. The summed E-state index contributed by atoms with van der Waals surface area (Å²) in [6.45, 7) is 2.78. The van der Waals surface area contributed by atoms with Crippen LogP contribution in [0.25, 0.3) is 0 Å². The summed E-state index contributed by atoms with van der Waals surface area (Å²) in [7, 11) is 0. The third kappa shape index (κ3) is 6.16. The number of aliphatic hydroxyl groups is 2. The average molecular weight is 461 g/mol. The van der Waals surface area contributed by atoms with Crippen LogP contribution in [0, 0.1) is 0 Å². The van der Waals surface area contributed by atoms with Gasteiger partial charge in [0.1, 0.15) is 18.3 Å². The Balaban J connectivity index is 1.20. The SMILES string of the molecule is O=C(NC[C@H]1O[C@H](CC(=O)N2CCN(c3ccccc3)CC2)[C@H](O)[C@@H]1O)NC1CCCCC1. The van der Waals surface area contributed by atoms with Gasteiger partial charge < -0.3 is 35.4 Å². The minimum atomic E-state index is -1.16. The lowest BCUT2D eigenvalue weighted by atomic mass is 9.96. The number of para-hydroxylation sites is 1. The fourth-order valence-corrected chi connectivity index (χ4v) is 4.99. The van der Waals surface area contributed by atoms with E-state index in [0.29, 0.717) is 13.1 Å². The molecule has 33 heavy (non-hydrogen) atoms. The summed E-state index contributed by atoms with van der Waals surface area (Å²) in [6.07, 6.45) is 1.60. The van der Waals surface area contributed by atoms with Crippen LogP contribution in [0.15, 0.2) is 30.3 Å². The van der Waals surface area contributed by atoms with Crippen LogP contribution in [0.2, 0.25) is 0 Å². The largest absolute Gasteiger partial charge is 0.388 e. The smallest absolute Gasteiger partial charge is 0.315 e. The van der Waals surface area contributed by atoms with Gasteiger partial charge in [-0.3, -0.25) is 4.79 Å². The lowest BCUT2D eigenvalue weighted by Gasteiger charge is -2.36. The van der Waals surface area contributed by atoms with Crippen molar-refractivity contribution in [3.05, 3.63) is 30.3 Å². The van der Waals surface area contributed by atoms with E-state index in [2.05, 4.69) is 27.7 Å². The Hall–Kier alpha value is -2.36. The molecule has 0 bridgehead atoms. The van der Waals surface area contributed by atoms with Gasteiger partial charge in [-0.2, -0.15) is 0 Å². The highest BCUT2D eigenvalue weighted by atomic mass is 16.5. The van der Waals surface area contributed by atoms with Gasteiger partial charge in [0.05, 0.1) is 12.5 Å². The molecule has 3 amide bonds. The molecule has 9 nitrogen and oxygen atoms in total. The van der Waals surface area contributed by atoms with Crippen LogP contribution in [-0.2, 0) is 9.53 Å². The molecule has 2 heterocycles. The van der Waals surface area contributed by atoms with Crippen molar-refractivity contribution in [1.29, 1.82) is 0 Å². The molecule has 3 fully saturated rings. The molecule has 0 spiro atoms. The number of rotatable bonds is 6. The summed E-state index contributed by atoms with van der Waals surface area (Å²) in [5.74, 6) is -0.0948. The van der Waals surface area contributed by atoms with E-state index in [-0.39, 0.29) is 30.9 Å². The number of piperazine rings is 1. The predicted molar refractivity (Wildman–Crippen MR) is 124 cm³/mol. The highest BCUT2D eigenvalue weighted by molar-refractivity contribution is 5.77. The number of carbonyl (C=O) groups is 2. The number of hydrogen-bond acceptors (Lipinski definition) is 6. The molecule has 9 heteroatoms. The van der Waals surface area contributed by atoms with Gasteiger partial charge in [-0.15, -0.1) is 0 Å². The van der Waals surface area contributed by atoms with Crippen LogP contribution in [-0.4, -0.2) is 90.2 Å². The van der Waals surface area contributed by atoms with Crippen molar-refractivity contribution in [1.82, 2.24) is 15.5 Å². The molecule has 4 atom stereocenters. The Bertz CT molecular complexity index is 780. The van der Waals surface area contributed by atoms with Crippen molar-refractivity contribution in [2.45, 2.75) is 69.0 Å². The quantitative estimate of drug-likeness (QED) is 0.500. The molecule has 2 saturated heterocycles. The first kappa shape index (κ1) is 23.8. The number of amides is 3. The van der Waals surface area contributed by atoms with E-state index in [1.54, 1.807) is 4.90 Å². The topological polar surface area (TPSA) is 114 Å². The normalized spacial score (nSPS) is 28.5. The minimum absolute atomic E-state index is 0.00827. The molecule has 3 aliphatic rings. The summed E-state index contributed by atoms with van der Waals surface area (Å²) in [4.78, 5) is 29.0. The Morgan fingerprint density at radius 1 is 0.939 bits per heavy atom. The summed E-state index contributed by atoms with van der Waals surface area (Å²) in [5, 5.41) is 26.5. The maximum Gasteiger partial charge on any atom is 0.315 e. The Morgan fingerprint density at radius 3 is 2.30 bits per heavy atom. The van der Waals surface area contributed by atoms with Crippen LogP contribution in [0.4, 0.5) is 10.5 Å². The van der Waals surface area contributed by atoms with Crippen LogP contribution in [0.1, 0.15) is 38.5 Å². The molecule has 1 aliphatic carbocycles. The molecular weight excluding hydrogens is 424 g/mol. The van der Waals surface area contributed by atoms with E-state index < -0.39 is 24.4 Å². The van der Waals surface area contributed by atoms with Crippen molar-refractivity contribution in [2.75, 3.05) is 37.6 Å². The first-order valence-electron chi connectivity index (χ1n) is 12.1. The molecule has 0 unspecified atom stereocenters. The van der Waals surface area contributed by atoms with E-state index in [1.807, 2.05) is 18.2 Å². The monoisotopic (exact) mass is 460 g/mol. The second-order valence-electron chi connectivity index (χ2n) is 9.29. The van der Waals surface area contributed by atoms with E-state index in [4.69, 9.17) is 4.74 Å². The van der Waals surface area contributed by atoms with Gasteiger partial charge in [0.2, 0.25) is 5.91 Å². The molecule has 4 rings (SSSR count). The lowest BCUT2D eigenvalue weighted by molar-refractivity contribution is -0.135. The average Bonchev–Trinajstić information content (AvgIpc) is 3.12. The number of nitrogens with one attached hydrogen (secondary N) is 2. The Morgan fingerprint density at radius 2 is 1.61 bits per heavy atom. The van der Waals surface area contributed by atoms with Gasteiger partial charge in [0, 0.05) is 44.5 Å². The molecule has 182 valence electrons. The van der Waals surface area contributed by atoms with Crippen molar-refractivity contribution in [2.24, 2.45) is 0 Å². The molecular formula is C24H36N4O5. The fourth-order valence-electron chi connectivity index (χ4n) is 4.99. The number of urea groups is 1. The number of hydrogen-bond donors (Lipinski definition) is 4. The number of aliphatic hydroxyl groups excluding tert-OH is 2. The molecule has 4 N–H and O–H groups in total. The van der Waals surface area contributed by atoms with Crippen LogP contribution < -0.4 is 15.5 Å². The molecule has 0 radical (unpaired) electrons. The van der Waals surface area contributed by atoms with Crippen molar-refractivity contribution >= 4 is 17.6 Å². The van der Waals surface area contributed by atoms with Gasteiger partial charge in [-0.1, -0.05) is 37.5 Å². The summed E-state index contributed by atoms with van der Waals surface area (Å²) < 4.78 is 5.78. The van der Waals surface area contributed by atoms with Gasteiger partial charge in [0.25, 0.3) is 0 Å². The zero-order chi connectivity index (χ0) is 23.2. The van der Waals surface area contributed by atoms with E-state index in [9.17, 15) is 19.8 Å². The van der Waals surface area contributed by atoms with Crippen molar-refractivity contribution in [3.8, 4) is 0 Å². The van der Waals surface area contributed by atoms with Crippen LogP contribution in [0.5, 0.6) is 0 Å². The minimum Gasteiger partial charge on any atom is -0.388 e. The second-order valence-corrected chi connectivity index (χ2v) is 9.29. The van der Waals surface area contributed by atoms with Gasteiger partial charge in [0.15, 0.2) is 0 Å². The highest BCUT2D eigenvalue weighted by Crippen LogP contribution is 2.25. The number of benzene rings is 1. The number of ether oxygens (including phenoxy) is 1. The van der Waals surface area contributed by atoms with Crippen LogP contribution in [0.3, 0.4) is 0 Å². The third-order valence-electron chi connectivity index (χ3n) is 7.00. The van der Waals surface area contributed by atoms with Gasteiger partial charge >= 0.3 is 6.03 Å². The second kappa shape index (κ2) is 11.2. The van der Waals surface area contributed by atoms with Gasteiger partial charge in [-0.25, -0.2) is 4.79 Å². The van der Waals surface area contributed by atoms with Crippen molar-refractivity contribution in [3.63, 3.8) is 0 Å². The summed E-state index contributed by atoms with van der Waals surface area (Å²) in [6, 6.07) is 10.0. The first-order valence-corrected chi connectivity index (χ1v) is 12.1. The zero-order valence-corrected chi connectivity index (χ0v) is 19.1. The van der Waals surface area contributed by atoms with Crippen LogP contribution >= 0.6 is 0 Å². The molecule has 1 aromatic carbocycles. The highest BCUT2D eigenvalue weighted by Gasteiger charge is 2.44. The number of nitrogens with zero attached hydrogens (tertiary/aromatic N) is 2. The van der Waals surface area contributed by atoms with E-state index >= 15 is 0 Å². The predicted octanol–water partition coefficient (Wildman–Crippen LogP) is 0.846. The maximum atomic E-state index is 12.8. The number of carbonyl (C=O) groups excluding carboxylic acids is 2. The maximum absolute atomic E-state index is 12.8. The standard InChI is InChI=1S/C24H36N4O5/c29-21(28-13-11-27(12-14-28)18-9-5-2-6-10-18)15-19-22(30)23(31)20(33-19)16-25-24(32)26-17-7-3-1-4-8-17/h2,5-6,9-10,17,19-20,22-23,30-31H,1,3-4,7-8,11-16H2,(H2,25,26,32)/t19-,20-,22+,23-/m1/s1. The number of anilines is 1. The van der Waals surface area contributed by atoms with E-state index in [1.165, 1.54) is 6.42 Å². The molecule has 1 aromatic rings. The van der Waals surface area contributed by atoms with Crippen molar-refractivity contribution < 1.29 is 24.5 Å². The molecule has 2 aliphatic heterocycles. The summed E-state index contributed by atoms with van der Waals surface area (Å²) >= 11 is 0. The first-order chi connectivity index (χ1) is 16.0. The molecule has 1 saturated carbocycles. The molecule has 0 aromatic heterocycles.